The van der Waals surface area contributed by atoms with Crippen LogP contribution in [0.2, 0.25) is 5.02 Å². The lowest BCUT2D eigenvalue weighted by Gasteiger charge is -2.44. The Kier molecular flexibility index (Phi) is 11.4. The Bertz CT molecular complexity index is 2430. The Morgan fingerprint density at radius 2 is 1.93 bits per heavy atom. The molecule has 1 aliphatic carbocycles. The molecule has 1 saturated carbocycles. The van der Waals surface area contributed by atoms with E-state index in [0.717, 1.165) is 28.7 Å². The zero-order valence-corrected chi connectivity index (χ0v) is 32.5. The molecule has 0 radical (unpaired) electrons. The van der Waals surface area contributed by atoms with Crippen molar-refractivity contribution in [3.05, 3.63) is 57.3 Å². The predicted octanol–water partition coefficient (Wildman–Crippen LogP) is -0.374. The number of carboxylic acids is 1. The maximum Gasteiger partial charge on any atom is 0.362 e. The van der Waals surface area contributed by atoms with Crippen molar-refractivity contribution < 1.29 is 61.8 Å². The van der Waals surface area contributed by atoms with E-state index in [1.807, 2.05) is 4.68 Å². The zero-order valence-electron chi connectivity index (χ0n) is 29.3. The van der Waals surface area contributed by atoms with E-state index in [-0.39, 0.29) is 50.0 Å². The summed E-state index contributed by atoms with van der Waals surface area (Å²) in [5.41, 5.74) is 4.00. The number of carbonyl (C=O) groups excluding carboxylic acids is 4. The second-order valence-corrected chi connectivity index (χ2v) is 16.2. The molecule has 2 atom stereocenters. The first-order valence-corrected chi connectivity index (χ1v) is 20.0. The summed E-state index contributed by atoms with van der Waals surface area (Å²) in [4.78, 5) is 77.0. The van der Waals surface area contributed by atoms with Gasteiger partial charge in [-0.2, -0.15) is 13.1 Å². The van der Waals surface area contributed by atoms with Crippen LogP contribution in [-0.4, -0.2) is 113 Å². The number of rotatable bonds is 16. The van der Waals surface area contributed by atoms with Crippen molar-refractivity contribution in [1.82, 2.24) is 34.9 Å². The molecule has 1 aromatic carbocycles. The maximum absolute atomic E-state index is 13.4. The molecule has 4 heterocycles. The number of aliphatic carboxylic acids is 1. The van der Waals surface area contributed by atoms with Gasteiger partial charge in [-0.25, -0.2) is 19.1 Å². The quantitative estimate of drug-likeness (QED) is 0.0135. The lowest BCUT2D eigenvalue weighted by Crippen LogP contribution is -2.74. The van der Waals surface area contributed by atoms with Crippen molar-refractivity contribution in [1.29, 1.82) is 0 Å². The number of carboxylic acid groups (broad SMARTS) is 1. The molecular formula is C31H32ClN10O12S3+. The summed E-state index contributed by atoms with van der Waals surface area (Å²) in [5.74, 6) is -5.94. The molecule has 2 aliphatic rings. The largest absolute Gasteiger partial charge is 0.504 e. The molecule has 4 amide bonds. The number of oxime groups is 1. The Balaban J connectivity index is 1.07. The highest BCUT2D eigenvalue weighted by Gasteiger charge is 2.56. The molecule has 0 spiro atoms. The van der Waals surface area contributed by atoms with Gasteiger partial charge in [0, 0.05) is 31.3 Å². The van der Waals surface area contributed by atoms with Crippen LogP contribution in [0, 0.1) is 0 Å². The molecule has 26 heteroatoms. The minimum absolute atomic E-state index is 0.00117. The molecular weight excluding hydrogens is 836 g/mol. The minimum atomic E-state index is -5.13. The van der Waals surface area contributed by atoms with Gasteiger partial charge in [0.2, 0.25) is 11.8 Å². The first kappa shape index (κ1) is 40.8. The summed E-state index contributed by atoms with van der Waals surface area (Å²) in [6.07, 6.45) is 5.53. The highest BCUT2D eigenvalue weighted by molar-refractivity contribution is 7.84. The van der Waals surface area contributed by atoms with Gasteiger partial charge in [-0.1, -0.05) is 16.8 Å². The van der Waals surface area contributed by atoms with E-state index >= 15 is 0 Å². The van der Waals surface area contributed by atoms with Crippen LogP contribution in [0.3, 0.4) is 0 Å². The first-order valence-electron chi connectivity index (χ1n) is 16.5. The Hall–Kier alpha value is -5.89. The molecule has 9 N–H and O–H groups in total. The molecule has 22 nitrogen and oxygen atoms in total. The standard InChI is InChI=1S/C31H31ClN10O12S3/c1-40-11-14(12-41(40)8-2-7-34-24(45)15-3-4-18(43)23(44)20(15)32)27-36-10-19(56-27)25(46)35-9-17-22(28(48)42(17)57(51,52)53)38-26(47)21(16-13-55-30(33)37-16)39-54-31(5-6-31)29(49)50/h3-4,10-13,17,22H,2,5-9H2,1H3,(H8-,33,34,35,37,38,39,43,44,45,46,47,49,50,51,52,53)/p+1/t17-,22+/m1/s1. The van der Waals surface area contributed by atoms with Gasteiger partial charge in [0.15, 0.2) is 29.4 Å². The van der Waals surface area contributed by atoms with Crippen LogP contribution in [0.15, 0.2) is 41.3 Å². The number of aromatic hydroxyl groups is 2. The summed E-state index contributed by atoms with van der Waals surface area (Å²) in [6.45, 7) is 0.141. The van der Waals surface area contributed by atoms with Crippen LogP contribution >= 0.6 is 34.3 Å². The zero-order chi connectivity index (χ0) is 41.4. The number of aromatic nitrogens is 4. The number of nitrogens with zero attached hydrogens (tertiary/aromatic N) is 6. The van der Waals surface area contributed by atoms with Crippen molar-refractivity contribution >= 4 is 85.0 Å². The third-order valence-electron chi connectivity index (χ3n) is 8.75. The monoisotopic (exact) mass is 867 g/mol. The number of phenols is 2. The normalized spacial score (nSPS) is 17.4. The van der Waals surface area contributed by atoms with Gasteiger partial charge in [0.25, 0.3) is 23.6 Å². The average Bonchev–Trinajstić information content (AvgIpc) is 3.40. The fraction of sp³-hybridized carbons (Fsp3) is 0.323. The number of carbonyl (C=O) groups is 5. The fourth-order valence-electron chi connectivity index (χ4n) is 5.52. The van der Waals surface area contributed by atoms with Crippen molar-refractivity contribution in [3.63, 3.8) is 0 Å². The van der Waals surface area contributed by atoms with E-state index in [9.17, 15) is 52.3 Å². The molecule has 302 valence electrons. The first-order chi connectivity index (χ1) is 26.9. The molecule has 0 unspecified atom stereocenters. The molecule has 57 heavy (non-hydrogen) atoms. The number of nitrogens with one attached hydrogen (secondary N) is 3. The number of halogens is 1. The number of nitrogens with two attached hydrogens (primary N) is 1. The van der Waals surface area contributed by atoms with Gasteiger partial charge >= 0.3 is 16.3 Å². The number of aryl methyl sites for hydroxylation is 2. The van der Waals surface area contributed by atoms with Crippen LogP contribution in [0.25, 0.3) is 10.6 Å². The Morgan fingerprint density at radius 3 is 2.58 bits per heavy atom. The molecule has 0 bridgehead atoms. The van der Waals surface area contributed by atoms with E-state index in [0.29, 0.717) is 23.5 Å². The smallest absolute Gasteiger partial charge is 0.362 e. The highest BCUT2D eigenvalue weighted by Crippen LogP contribution is 2.40. The second-order valence-electron chi connectivity index (χ2n) is 12.6. The topological polar surface area (TPSA) is 322 Å². The Labute approximate surface area is 334 Å². The second kappa shape index (κ2) is 15.9. The number of phenolic OH excluding ortho intramolecular Hbond substituents is 2. The molecule has 4 aromatic rings. The average molecular weight is 868 g/mol. The molecule has 6 rings (SSSR count). The summed E-state index contributed by atoms with van der Waals surface area (Å²) in [5, 5.41) is 41.4. The van der Waals surface area contributed by atoms with Crippen LogP contribution in [-0.2, 0) is 43.1 Å². The van der Waals surface area contributed by atoms with Crippen LogP contribution in [0.1, 0.15) is 45.0 Å². The van der Waals surface area contributed by atoms with Crippen molar-refractivity contribution in [3.8, 4) is 22.1 Å². The fourth-order valence-corrected chi connectivity index (χ4v) is 8.00. The van der Waals surface area contributed by atoms with Crippen LogP contribution in [0.4, 0.5) is 5.13 Å². The van der Waals surface area contributed by atoms with E-state index < -0.39 is 81.3 Å². The third kappa shape index (κ3) is 8.60. The number of hydrogen-bond donors (Lipinski definition) is 8. The number of nitrogen functional groups attached to an aromatic ring is 1. The van der Waals surface area contributed by atoms with Gasteiger partial charge < -0.3 is 41.8 Å². The van der Waals surface area contributed by atoms with E-state index in [4.69, 9.17) is 22.2 Å². The van der Waals surface area contributed by atoms with Crippen molar-refractivity contribution in [2.75, 3.05) is 18.8 Å². The highest BCUT2D eigenvalue weighted by atomic mass is 35.5. The van der Waals surface area contributed by atoms with Crippen LogP contribution in [0.5, 0.6) is 11.5 Å². The van der Waals surface area contributed by atoms with Gasteiger partial charge in [-0.15, -0.1) is 27.4 Å². The minimum Gasteiger partial charge on any atom is -0.504 e. The third-order valence-corrected chi connectivity index (χ3v) is 11.8. The number of β-lactam (4-membered cyclic amide) rings is 1. The van der Waals surface area contributed by atoms with Gasteiger partial charge in [0.1, 0.15) is 21.6 Å². The lowest BCUT2D eigenvalue weighted by atomic mass is 9.98. The van der Waals surface area contributed by atoms with Crippen molar-refractivity contribution in [2.45, 2.75) is 43.5 Å². The molecule has 1 saturated heterocycles. The van der Waals surface area contributed by atoms with Crippen LogP contribution < -0.4 is 26.4 Å². The predicted molar refractivity (Wildman–Crippen MR) is 199 cm³/mol. The van der Waals surface area contributed by atoms with E-state index in [2.05, 4.69) is 31.1 Å². The molecule has 3 aromatic heterocycles. The summed E-state index contributed by atoms with van der Waals surface area (Å²) in [7, 11) is -3.36. The van der Waals surface area contributed by atoms with Crippen molar-refractivity contribution in [2.24, 2.45) is 12.2 Å². The number of thiazole rings is 2. The summed E-state index contributed by atoms with van der Waals surface area (Å²) < 4.78 is 37.6. The van der Waals surface area contributed by atoms with Gasteiger partial charge in [-0.05, 0) is 18.6 Å². The van der Waals surface area contributed by atoms with Gasteiger partial charge in [0.05, 0.1) is 41.1 Å². The lowest BCUT2D eigenvalue weighted by molar-refractivity contribution is -0.753. The summed E-state index contributed by atoms with van der Waals surface area (Å²) in [6, 6.07) is -0.652. The van der Waals surface area contributed by atoms with E-state index in [1.165, 1.54) is 17.6 Å². The molecule has 1 aliphatic heterocycles. The Morgan fingerprint density at radius 1 is 1.19 bits per heavy atom. The maximum atomic E-state index is 13.4. The number of benzene rings is 1. The van der Waals surface area contributed by atoms with Gasteiger partial charge in [-0.3, -0.25) is 23.7 Å². The number of anilines is 1. The number of amides is 4. The SMILES string of the molecule is C[n+]1cc(-c2ncc(C(=O)NC[C@@H]3[C@H](NC(=O)/C(=N\OC4(C(=O)O)CC4)c4csc(N)n4)C(=O)N3S(=O)(=O)O)s2)cn1CCCNC(=O)c1ccc(O)c(O)c1Cl. The summed E-state index contributed by atoms with van der Waals surface area (Å²) >= 11 is 7.89. The van der Waals surface area contributed by atoms with E-state index in [1.54, 1.807) is 24.1 Å². The molecule has 2 fully saturated rings. The number of hydrogen-bond acceptors (Lipinski definition) is 16.